The summed E-state index contributed by atoms with van der Waals surface area (Å²) in [5.74, 6) is 0.875. The molecule has 3 atom stereocenters. The normalized spacial score (nSPS) is 27.3. The topological polar surface area (TPSA) is 41.6 Å². The largest absolute Gasteiger partial charge is 0.371 e. The first-order chi connectivity index (χ1) is 11.1. The molecule has 23 heavy (non-hydrogen) atoms. The van der Waals surface area contributed by atoms with Crippen molar-refractivity contribution < 1.29 is 9.53 Å². The van der Waals surface area contributed by atoms with Gasteiger partial charge in [-0.25, -0.2) is 0 Å². The number of hydrogen-bond acceptors (Lipinski definition) is 3. The van der Waals surface area contributed by atoms with E-state index in [9.17, 15) is 4.79 Å². The van der Waals surface area contributed by atoms with Gasteiger partial charge in [-0.15, -0.1) is 0 Å². The van der Waals surface area contributed by atoms with Gasteiger partial charge in [0, 0.05) is 19.6 Å². The molecule has 2 saturated heterocycles. The highest BCUT2D eigenvalue weighted by molar-refractivity contribution is 5.79. The van der Waals surface area contributed by atoms with E-state index in [2.05, 4.69) is 24.1 Å². The Hall–Kier alpha value is -1.39. The molecule has 2 heterocycles. The lowest BCUT2D eigenvalue weighted by molar-refractivity contribution is -0.128. The van der Waals surface area contributed by atoms with Crippen molar-refractivity contribution in [1.29, 1.82) is 0 Å². The maximum Gasteiger partial charge on any atom is 0.226 e. The minimum absolute atomic E-state index is 0.00719. The third-order valence-electron chi connectivity index (χ3n) is 4.90. The summed E-state index contributed by atoms with van der Waals surface area (Å²) in [6.07, 6.45) is 2.37. The zero-order valence-corrected chi connectivity index (χ0v) is 14.2. The molecule has 1 N–H and O–H groups in total. The van der Waals surface area contributed by atoms with Gasteiger partial charge in [0.15, 0.2) is 0 Å². The third kappa shape index (κ3) is 4.33. The molecule has 0 radical (unpaired) electrons. The molecule has 0 saturated carbocycles. The standard InChI is InChI=1S/C19H28N2O2/c1-14(2)8-9-21-12-16-10-17(18(13-21)23-16)19(22)20-11-15-6-4-3-5-7-15/h3-7,14,16-18H,8-13H2,1-2H3,(H,20,22)/t16-,17+,18-/m0/s1. The number of carbonyl (C=O) groups is 1. The second-order valence-corrected chi connectivity index (χ2v) is 7.28. The Labute approximate surface area is 139 Å². The van der Waals surface area contributed by atoms with Gasteiger partial charge in [-0.3, -0.25) is 9.69 Å². The molecule has 2 fully saturated rings. The Balaban J connectivity index is 1.50. The number of nitrogens with zero attached hydrogens (tertiary/aromatic N) is 1. The average Bonchev–Trinajstić information content (AvgIpc) is 2.86. The first-order valence-electron chi connectivity index (χ1n) is 8.81. The summed E-state index contributed by atoms with van der Waals surface area (Å²) in [6.45, 7) is 8.11. The molecule has 1 aromatic carbocycles. The average molecular weight is 316 g/mol. The van der Waals surface area contributed by atoms with Crippen molar-refractivity contribution >= 4 is 5.91 Å². The van der Waals surface area contributed by atoms with Crippen LogP contribution in [0, 0.1) is 11.8 Å². The van der Waals surface area contributed by atoms with Gasteiger partial charge in [0.25, 0.3) is 0 Å². The van der Waals surface area contributed by atoms with E-state index in [0.717, 1.165) is 37.5 Å². The minimum atomic E-state index is 0.00719. The Kier molecular flexibility index (Phi) is 5.34. The van der Waals surface area contributed by atoms with Crippen LogP contribution in [-0.2, 0) is 16.1 Å². The Morgan fingerprint density at radius 1 is 1.30 bits per heavy atom. The molecule has 4 heteroatoms. The highest BCUT2D eigenvalue weighted by Crippen LogP contribution is 2.32. The molecule has 4 nitrogen and oxygen atoms in total. The Morgan fingerprint density at radius 2 is 2.09 bits per heavy atom. The van der Waals surface area contributed by atoms with Crippen molar-refractivity contribution in [1.82, 2.24) is 10.2 Å². The van der Waals surface area contributed by atoms with Crippen LogP contribution in [0.15, 0.2) is 30.3 Å². The first kappa shape index (κ1) is 16.5. The summed E-state index contributed by atoms with van der Waals surface area (Å²) in [5, 5.41) is 3.08. The fourth-order valence-corrected chi connectivity index (χ4v) is 3.55. The number of fused-ring (bicyclic) bond motifs is 2. The number of hydrogen-bond donors (Lipinski definition) is 1. The number of ether oxygens (including phenoxy) is 1. The van der Waals surface area contributed by atoms with Crippen LogP contribution < -0.4 is 5.32 Å². The van der Waals surface area contributed by atoms with Gasteiger partial charge in [-0.1, -0.05) is 44.2 Å². The van der Waals surface area contributed by atoms with E-state index in [0.29, 0.717) is 6.54 Å². The summed E-state index contributed by atoms with van der Waals surface area (Å²) < 4.78 is 6.02. The summed E-state index contributed by atoms with van der Waals surface area (Å²) in [7, 11) is 0. The maximum absolute atomic E-state index is 12.5. The number of morpholine rings is 1. The van der Waals surface area contributed by atoms with Crippen LogP contribution >= 0.6 is 0 Å². The van der Waals surface area contributed by atoms with Crippen LogP contribution in [0.1, 0.15) is 32.3 Å². The zero-order chi connectivity index (χ0) is 16.2. The van der Waals surface area contributed by atoms with Crippen molar-refractivity contribution in [3.05, 3.63) is 35.9 Å². The van der Waals surface area contributed by atoms with Crippen LogP contribution in [0.2, 0.25) is 0 Å². The SMILES string of the molecule is CC(C)CCN1C[C@@H]2C[C@@H](C(=O)NCc3ccccc3)[C@H](C1)O2. The van der Waals surface area contributed by atoms with Crippen molar-refractivity contribution in [3.63, 3.8) is 0 Å². The molecule has 0 aliphatic carbocycles. The van der Waals surface area contributed by atoms with E-state index in [1.54, 1.807) is 0 Å². The quantitative estimate of drug-likeness (QED) is 0.876. The number of nitrogens with one attached hydrogen (secondary N) is 1. The molecular formula is C19H28N2O2. The highest BCUT2D eigenvalue weighted by Gasteiger charge is 2.44. The number of amides is 1. The van der Waals surface area contributed by atoms with E-state index < -0.39 is 0 Å². The van der Waals surface area contributed by atoms with E-state index >= 15 is 0 Å². The molecule has 126 valence electrons. The number of carbonyl (C=O) groups excluding carboxylic acids is 1. The zero-order valence-electron chi connectivity index (χ0n) is 14.2. The van der Waals surface area contributed by atoms with Crippen LogP contribution in [0.25, 0.3) is 0 Å². The monoisotopic (exact) mass is 316 g/mol. The third-order valence-corrected chi connectivity index (χ3v) is 4.90. The molecule has 2 bridgehead atoms. The van der Waals surface area contributed by atoms with Crippen molar-refractivity contribution in [2.24, 2.45) is 11.8 Å². The van der Waals surface area contributed by atoms with Crippen LogP contribution in [-0.4, -0.2) is 42.6 Å². The second kappa shape index (κ2) is 7.45. The molecule has 1 amide bonds. The van der Waals surface area contributed by atoms with Crippen molar-refractivity contribution in [3.8, 4) is 0 Å². The predicted octanol–water partition coefficient (Wildman–Crippen LogP) is 2.44. The molecule has 2 aliphatic heterocycles. The predicted molar refractivity (Wildman–Crippen MR) is 91.0 cm³/mol. The van der Waals surface area contributed by atoms with Crippen LogP contribution in [0.5, 0.6) is 0 Å². The lowest BCUT2D eigenvalue weighted by Crippen LogP contribution is -2.45. The fourth-order valence-electron chi connectivity index (χ4n) is 3.55. The molecule has 2 aliphatic rings. The van der Waals surface area contributed by atoms with Gasteiger partial charge in [-0.05, 0) is 30.9 Å². The Bertz CT molecular complexity index is 517. The maximum atomic E-state index is 12.5. The number of benzene rings is 1. The summed E-state index contributed by atoms with van der Waals surface area (Å²) in [6, 6.07) is 10.1. The lowest BCUT2D eigenvalue weighted by Gasteiger charge is -2.33. The number of rotatable bonds is 6. The first-order valence-corrected chi connectivity index (χ1v) is 8.81. The molecule has 1 aromatic rings. The van der Waals surface area contributed by atoms with E-state index in [1.165, 1.54) is 6.42 Å². The summed E-state index contributed by atoms with van der Waals surface area (Å²) in [5.41, 5.74) is 1.14. The highest BCUT2D eigenvalue weighted by atomic mass is 16.5. The molecule has 0 unspecified atom stereocenters. The van der Waals surface area contributed by atoms with E-state index in [4.69, 9.17) is 4.74 Å². The molecular weight excluding hydrogens is 288 g/mol. The van der Waals surface area contributed by atoms with E-state index in [-0.39, 0.29) is 24.0 Å². The molecule has 0 spiro atoms. The lowest BCUT2D eigenvalue weighted by atomic mass is 9.99. The van der Waals surface area contributed by atoms with Crippen LogP contribution in [0.3, 0.4) is 0 Å². The second-order valence-electron chi connectivity index (χ2n) is 7.28. The van der Waals surface area contributed by atoms with Gasteiger partial charge in [0.2, 0.25) is 5.91 Å². The fraction of sp³-hybridized carbons (Fsp3) is 0.632. The number of likely N-dealkylation sites (tertiary alicyclic amines) is 1. The smallest absolute Gasteiger partial charge is 0.226 e. The van der Waals surface area contributed by atoms with Gasteiger partial charge in [0.1, 0.15) is 0 Å². The van der Waals surface area contributed by atoms with Gasteiger partial charge in [-0.2, -0.15) is 0 Å². The minimum Gasteiger partial charge on any atom is -0.371 e. The van der Waals surface area contributed by atoms with Gasteiger partial charge < -0.3 is 10.1 Å². The van der Waals surface area contributed by atoms with Crippen LogP contribution in [0.4, 0.5) is 0 Å². The van der Waals surface area contributed by atoms with Crippen molar-refractivity contribution in [2.45, 2.75) is 45.4 Å². The Morgan fingerprint density at radius 3 is 2.83 bits per heavy atom. The van der Waals surface area contributed by atoms with Crippen molar-refractivity contribution in [2.75, 3.05) is 19.6 Å². The molecule has 0 aromatic heterocycles. The van der Waals surface area contributed by atoms with Gasteiger partial charge >= 0.3 is 0 Å². The summed E-state index contributed by atoms with van der Waals surface area (Å²) >= 11 is 0. The summed E-state index contributed by atoms with van der Waals surface area (Å²) in [4.78, 5) is 15.0. The van der Waals surface area contributed by atoms with Gasteiger partial charge in [0.05, 0.1) is 18.1 Å². The van der Waals surface area contributed by atoms with E-state index in [1.807, 2.05) is 30.3 Å². The molecule has 3 rings (SSSR count).